The van der Waals surface area contributed by atoms with Gasteiger partial charge < -0.3 is 0 Å². The van der Waals surface area contributed by atoms with Crippen molar-refractivity contribution in [1.82, 2.24) is 9.38 Å². The highest BCUT2D eigenvalue weighted by Crippen LogP contribution is 2.32. The molecule has 3 aromatic carbocycles. The van der Waals surface area contributed by atoms with Gasteiger partial charge in [0.15, 0.2) is 0 Å². The molecule has 3 heteroatoms. The van der Waals surface area contributed by atoms with Crippen LogP contribution in [0.5, 0.6) is 0 Å². The quantitative estimate of drug-likeness (QED) is 0.371. The molecule has 5 rings (SSSR count). The van der Waals surface area contributed by atoms with Gasteiger partial charge in [0, 0.05) is 16.0 Å². The molecule has 5 aromatic rings. The number of rotatable bonds is 1. The zero-order valence-electron chi connectivity index (χ0n) is 12.8. The van der Waals surface area contributed by atoms with Gasteiger partial charge >= 0.3 is 0 Å². The van der Waals surface area contributed by atoms with E-state index >= 15 is 0 Å². The van der Waals surface area contributed by atoms with E-state index < -0.39 is 0 Å². The van der Waals surface area contributed by atoms with Crippen LogP contribution in [-0.2, 0) is 0 Å². The molecule has 0 saturated heterocycles. The Bertz CT molecular complexity index is 1220. The van der Waals surface area contributed by atoms with Gasteiger partial charge in [-0.05, 0) is 35.7 Å². The second-order valence-corrected chi connectivity index (χ2v) is 6.32. The maximum atomic E-state index is 6.23. The highest BCUT2D eigenvalue weighted by molar-refractivity contribution is 6.30. The first kappa shape index (κ1) is 13.6. The van der Waals surface area contributed by atoms with Gasteiger partial charge in [-0.3, -0.25) is 4.40 Å². The largest absolute Gasteiger partial charge is 0.292 e. The first-order valence-electron chi connectivity index (χ1n) is 7.86. The Labute approximate surface area is 143 Å². The molecule has 0 radical (unpaired) electrons. The van der Waals surface area contributed by atoms with Crippen molar-refractivity contribution in [3.05, 3.63) is 83.9 Å². The van der Waals surface area contributed by atoms with Crippen LogP contribution >= 0.6 is 11.6 Å². The van der Waals surface area contributed by atoms with E-state index in [2.05, 4.69) is 52.9 Å². The highest BCUT2D eigenvalue weighted by Gasteiger charge is 2.13. The molecular formula is C21H13ClN2. The fraction of sp³-hybridized carbons (Fsp3) is 0. The number of fused-ring (bicyclic) bond motifs is 5. The van der Waals surface area contributed by atoms with E-state index in [1.54, 1.807) is 0 Å². The number of benzene rings is 3. The summed E-state index contributed by atoms with van der Waals surface area (Å²) in [5, 5.41) is 3.06. The Morgan fingerprint density at radius 3 is 2.54 bits per heavy atom. The standard InChI is InChI=1S/C21H13ClN2/c22-16-8-5-7-15(12-16)20-13-14-6-1-2-9-17(14)21-23-18-10-3-4-11-19(18)24(20)21/h1-13H. The third-order valence-corrected chi connectivity index (χ3v) is 4.65. The summed E-state index contributed by atoms with van der Waals surface area (Å²) < 4.78 is 2.23. The van der Waals surface area contributed by atoms with Crippen molar-refractivity contribution < 1.29 is 0 Å². The SMILES string of the molecule is Clc1cccc(-c2cc3ccccc3c3nc4ccccc4n23)c1. The summed E-state index contributed by atoms with van der Waals surface area (Å²) in [6.45, 7) is 0. The fourth-order valence-electron chi connectivity index (χ4n) is 3.35. The molecule has 2 heterocycles. The van der Waals surface area contributed by atoms with Gasteiger partial charge in [0.25, 0.3) is 0 Å². The minimum absolute atomic E-state index is 0.734. The van der Waals surface area contributed by atoms with Crippen LogP contribution in [0.1, 0.15) is 0 Å². The number of pyridine rings is 1. The second-order valence-electron chi connectivity index (χ2n) is 5.89. The average molecular weight is 329 g/mol. The molecule has 0 N–H and O–H groups in total. The van der Waals surface area contributed by atoms with Gasteiger partial charge in [-0.25, -0.2) is 4.98 Å². The first-order valence-corrected chi connectivity index (χ1v) is 8.24. The zero-order chi connectivity index (χ0) is 16.1. The van der Waals surface area contributed by atoms with Gasteiger partial charge in [-0.15, -0.1) is 0 Å². The Morgan fingerprint density at radius 2 is 1.62 bits per heavy atom. The summed E-state index contributed by atoms with van der Waals surface area (Å²) in [5.74, 6) is 0. The maximum Gasteiger partial charge on any atom is 0.146 e. The van der Waals surface area contributed by atoms with Gasteiger partial charge in [-0.1, -0.05) is 60.1 Å². The number of imidazole rings is 1. The first-order chi connectivity index (χ1) is 11.8. The van der Waals surface area contributed by atoms with Crippen LogP contribution in [0, 0.1) is 0 Å². The highest BCUT2D eigenvalue weighted by atomic mass is 35.5. The fourth-order valence-corrected chi connectivity index (χ4v) is 3.54. The lowest BCUT2D eigenvalue weighted by atomic mass is 10.1. The predicted molar refractivity (Wildman–Crippen MR) is 101 cm³/mol. The summed E-state index contributed by atoms with van der Waals surface area (Å²) in [5.41, 5.74) is 5.26. The van der Waals surface area contributed by atoms with E-state index in [4.69, 9.17) is 16.6 Å². The van der Waals surface area contributed by atoms with Crippen molar-refractivity contribution in [3.63, 3.8) is 0 Å². The molecule has 0 aliphatic carbocycles. The van der Waals surface area contributed by atoms with Gasteiger partial charge in [0.1, 0.15) is 5.65 Å². The van der Waals surface area contributed by atoms with Crippen LogP contribution < -0.4 is 0 Å². The molecule has 0 amide bonds. The molecule has 0 atom stereocenters. The van der Waals surface area contributed by atoms with Crippen LogP contribution in [0.3, 0.4) is 0 Å². The summed E-state index contributed by atoms with van der Waals surface area (Å²) in [6, 6.07) is 26.8. The number of nitrogens with zero attached hydrogens (tertiary/aromatic N) is 2. The molecule has 0 saturated carbocycles. The molecular weight excluding hydrogens is 316 g/mol. The summed E-state index contributed by atoms with van der Waals surface area (Å²) in [4.78, 5) is 4.88. The normalized spacial score (nSPS) is 11.5. The van der Waals surface area contributed by atoms with Crippen LogP contribution in [0.15, 0.2) is 78.9 Å². The van der Waals surface area contributed by atoms with E-state index in [1.807, 2.05) is 30.3 Å². The van der Waals surface area contributed by atoms with Crippen molar-refractivity contribution >= 4 is 39.1 Å². The summed E-state index contributed by atoms with van der Waals surface area (Å²) in [6.07, 6.45) is 0. The summed E-state index contributed by atoms with van der Waals surface area (Å²) >= 11 is 6.23. The zero-order valence-corrected chi connectivity index (χ0v) is 13.5. The third-order valence-electron chi connectivity index (χ3n) is 4.42. The van der Waals surface area contributed by atoms with E-state index in [0.717, 1.165) is 38.3 Å². The lowest BCUT2D eigenvalue weighted by Crippen LogP contribution is -1.93. The van der Waals surface area contributed by atoms with Crippen molar-refractivity contribution in [2.24, 2.45) is 0 Å². The van der Waals surface area contributed by atoms with E-state index in [1.165, 1.54) is 5.39 Å². The number of hydrogen-bond donors (Lipinski definition) is 0. The minimum atomic E-state index is 0.734. The average Bonchev–Trinajstić information content (AvgIpc) is 3.01. The predicted octanol–water partition coefficient (Wildman–Crippen LogP) is 5.96. The minimum Gasteiger partial charge on any atom is -0.292 e. The van der Waals surface area contributed by atoms with E-state index in [-0.39, 0.29) is 0 Å². The summed E-state index contributed by atoms with van der Waals surface area (Å²) in [7, 11) is 0. The van der Waals surface area contributed by atoms with Crippen molar-refractivity contribution in [2.75, 3.05) is 0 Å². The van der Waals surface area contributed by atoms with E-state index in [9.17, 15) is 0 Å². The number of halogens is 1. The van der Waals surface area contributed by atoms with Gasteiger partial charge in [-0.2, -0.15) is 0 Å². The number of para-hydroxylation sites is 2. The van der Waals surface area contributed by atoms with Gasteiger partial charge in [0.05, 0.1) is 16.7 Å². The Kier molecular flexibility index (Phi) is 2.88. The molecule has 0 aliphatic rings. The topological polar surface area (TPSA) is 17.3 Å². The molecule has 0 bridgehead atoms. The van der Waals surface area contributed by atoms with Crippen LogP contribution in [0.2, 0.25) is 5.02 Å². The van der Waals surface area contributed by atoms with Crippen molar-refractivity contribution in [1.29, 1.82) is 0 Å². The maximum absolute atomic E-state index is 6.23. The Morgan fingerprint density at radius 1 is 0.792 bits per heavy atom. The Balaban J connectivity index is 2.04. The monoisotopic (exact) mass is 328 g/mol. The van der Waals surface area contributed by atoms with Crippen molar-refractivity contribution in [2.45, 2.75) is 0 Å². The second kappa shape index (κ2) is 5.08. The molecule has 0 spiro atoms. The van der Waals surface area contributed by atoms with Crippen LogP contribution in [0.25, 0.3) is 38.7 Å². The lowest BCUT2D eigenvalue weighted by Gasteiger charge is -2.10. The van der Waals surface area contributed by atoms with Crippen LogP contribution in [-0.4, -0.2) is 9.38 Å². The molecule has 0 unspecified atom stereocenters. The lowest BCUT2D eigenvalue weighted by molar-refractivity contribution is 1.25. The smallest absolute Gasteiger partial charge is 0.146 e. The third kappa shape index (κ3) is 1.93. The molecule has 114 valence electrons. The number of hydrogen-bond acceptors (Lipinski definition) is 1. The van der Waals surface area contributed by atoms with Crippen LogP contribution in [0.4, 0.5) is 0 Å². The van der Waals surface area contributed by atoms with Gasteiger partial charge in [0.2, 0.25) is 0 Å². The van der Waals surface area contributed by atoms with E-state index in [0.29, 0.717) is 0 Å². The Hall–Kier alpha value is -2.84. The molecule has 0 aliphatic heterocycles. The van der Waals surface area contributed by atoms with Crippen molar-refractivity contribution in [3.8, 4) is 11.3 Å². The molecule has 24 heavy (non-hydrogen) atoms. The molecule has 0 fully saturated rings. The molecule has 2 aromatic heterocycles. The number of aromatic nitrogens is 2. The molecule has 2 nitrogen and oxygen atoms in total.